The highest BCUT2D eigenvalue weighted by molar-refractivity contribution is 5.89. The van der Waals surface area contributed by atoms with E-state index in [0.29, 0.717) is 36.5 Å². The van der Waals surface area contributed by atoms with E-state index < -0.39 is 5.63 Å². The van der Waals surface area contributed by atoms with Gasteiger partial charge >= 0.3 is 5.63 Å². The van der Waals surface area contributed by atoms with Crippen molar-refractivity contribution in [3.63, 3.8) is 0 Å². The Kier molecular flexibility index (Phi) is 9.33. The molecule has 3 heterocycles. The second kappa shape index (κ2) is 12.5. The van der Waals surface area contributed by atoms with Crippen molar-refractivity contribution in [2.45, 2.75) is 91.9 Å². The smallest absolute Gasteiger partial charge is 0.336 e. The van der Waals surface area contributed by atoms with Crippen LogP contribution in [-0.2, 0) is 24.3 Å². The van der Waals surface area contributed by atoms with Gasteiger partial charge in [0, 0.05) is 18.1 Å². The number of hydrogen-bond acceptors (Lipinski definition) is 7. The van der Waals surface area contributed by atoms with Gasteiger partial charge in [0.1, 0.15) is 11.3 Å². The van der Waals surface area contributed by atoms with E-state index in [0.717, 1.165) is 30.5 Å². The Hall–Kier alpha value is -2.91. The summed E-state index contributed by atoms with van der Waals surface area (Å²) >= 11 is 0. The zero-order chi connectivity index (χ0) is 28.0. The molecule has 1 N–H and O–H groups in total. The van der Waals surface area contributed by atoms with Gasteiger partial charge in [0.05, 0.1) is 45.5 Å². The summed E-state index contributed by atoms with van der Waals surface area (Å²) in [4.78, 5) is 12.3. The highest BCUT2D eigenvalue weighted by Gasteiger charge is 2.31. The van der Waals surface area contributed by atoms with Crippen LogP contribution in [0.5, 0.6) is 11.5 Å². The van der Waals surface area contributed by atoms with Crippen LogP contribution in [0, 0.1) is 0 Å². The third-order valence-electron chi connectivity index (χ3n) is 8.35. The number of aromatic hydroxyl groups is 1. The molecule has 214 valence electrons. The van der Waals surface area contributed by atoms with Crippen LogP contribution < -0.4 is 10.4 Å². The van der Waals surface area contributed by atoms with Crippen molar-refractivity contribution < 1.29 is 23.5 Å². The fourth-order valence-corrected chi connectivity index (χ4v) is 5.56. The van der Waals surface area contributed by atoms with Gasteiger partial charge in [-0.2, -0.15) is 0 Å². The standard InChI is InChI=1S/C30H44N4O5/c1-6-34(7-2,8-3)15-11-9-10-12-16-37-21-24-20-33(32-31-24)19-23-18-26(35)38-29-25(23)17-22-13-14-30(4,5)39-28(22)27(29)36/h17-18,20H,6-16,19,21H2,1-5H3/p+1. The maximum atomic E-state index is 12.3. The van der Waals surface area contributed by atoms with Crippen molar-refractivity contribution in [1.82, 2.24) is 15.0 Å². The van der Waals surface area contributed by atoms with Gasteiger partial charge in [0.15, 0.2) is 11.3 Å². The molecule has 0 bridgehead atoms. The Bertz CT molecular complexity index is 1300. The number of unbranched alkanes of at least 4 members (excludes halogenated alkanes) is 3. The highest BCUT2D eigenvalue weighted by atomic mass is 16.5. The molecule has 0 amide bonds. The molecular weight excluding hydrogens is 496 g/mol. The number of hydrogen-bond donors (Lipinski definition) is 1. The molecule has 0 saturated heterocycles. The molecule has 0 atom stereocenters. The Labute approximate surface area is 231 Å². The molecule has 1 aromatic carbocycles. The normalized spacial score (nSPS) is 14.9. The summed E-state index contributed by atoms with van der Waals surface area (Å²) in [7, 11) is 0. The number of ether oxygens (including phenoxy) is 2. The molecule has 0 spiro atoms. The fraction of sp³-hybridized carbons (Fsp3) is 0.633. The van der Waals surface area contributed by atoms with Crippen molar-refractivity contribution in [3.8, 4) is 11.5 Å². The number of fused-ring (bicyclic) bond motifs is 2. The van der Waals surface area contributed by atoms with Crippen molar-refractivity contribution in [2.24, 2.45) is 0 Å². The van der Waals surface area contributed by atoms with Gasteiger partial charge in [0.2, 0.25) is 5.75 Å². The van der Waals surface area contributed by atoms with Crippen LogP contribution in [0.1, 0.15) is 83.5 Å². The topological polar surface area (TPSA) is 99.6 Å². The average Bonchev–Trinajstić information content (AvgIpc) is 3.36. The predicted molar refractivity (Wildman–Crippen MR) is 151 cm³/mol. The summed E-state index contributed by atoms with van der Waals surface area (Å²) in [5.74, 6) is 0.274. The second-order valence-corrected chi connectivity index (χ2v) is 11.4. The second-order valence-electron chi connectivity index (χ2n) is 11.4. The van der Waals surface area contributed by atoms with E-state index in [2.05, 4.69) is 31.1 Å². The summed E-state index contributed by atoms with van der Waals surface area (Å²) in [6.07, 6.45) is 8.16. The number of aryl methyl sites for hydroxylation is 1. The van der Waals surface area contributed by atoms with E-state index in [1.807, 2.05) is 26.1 Å². The molecule has 0 saturated carbocycles. The molecule has 9 heteroatoms. The van der Waals surface area contributed by atoms with Crippen LogP contribution in [-0.4, -0.2) is 63.0 Å². The van der Waals surface area contributed by atoms with Crippen LogP contribution in [0.4, 0.5) is 0 Å². The summed E-state index contributed by atoms with van der Waals surface area (Å²) < 4.78 is 20.1. The lowest BCUT2D eigenvalue weighted by Gasteiger charge is -2.35. The zero-order valence-electron chi connectivity index (χ0n) is 24.3. The first-order valence-corrected chi connectivity index (χ1v) is 14.5. The first kappa shape index (κ1) is 29.1. The highest BCUT2D eigenvalue weighted by Crippen LogP contribution is 2.44. The summed E-state index contributed by atoms with van der Waals surface area (Å²) in [6.45, 7) is 17.2. The summed E-state index contributed by atoms with van der Waals surface area (Å²) in [6, 6.07) is 3.40. The number of benzene rings is 1. The lowest BCUT2D eigenvalue weighted by Crippen LogP contribution is -2.48. The maximum Gasteiger partial charge on any atom is 0.336 e. The van der Waals surface area contributed by atoms with E-state index in [1.165, 1.54) is 56.0 Å². The van der Waals surface area contributed by atoms with Crippen LogP contribution in [0.15, 0.2) is 27.5 Å². The molecule has 0 radical (unpaired) electrons. The monoisotopic (exact) mass is 541 g/mol. The van der Waals surface area contributed by atoms with Crippen molar-refractivity contribution in [1.29, 1.82) is 0 Å². The van der Waals surface area contributed by atoms with Crippen LogP contribution in [0.3, 0.4) is 0 Å². The molecule has 0 aliphatic carbocycles. The first-order chi connectivity index (χ1) is 18.7. The number of phenolic OH excluding ortho intramolecular Hbond substituents is 1. The van der Waals surface area contributed by atoms with Crippen molar-refractivity contribution in [3.05, 3.63) is 45.6 Å². The van der Waals surface area contributed by atoms with E-state index in [-0.39, 0.29) is 16.9 Å². The van der Waals surface area contributed by atoms with Crippen molar-refractivity contribution in [2.75, 3.05) is 32.8 Å². The summed E-state index contributed by atoms with van der Waals surface area (Å²) in [5, 5.41) is 20.0. The first-order valence-electron chi connectivity index (χ1n) is 14.5. The predicted octanol–water partition coefficient (Wildman–Crippen LogP) is 5.20. The number of nitrogens with zero attached hydrogens (tertiary/aromatic N) is 4. The molecule has 0 fully saturated rings. The molecule has 4 rings (SSSR count). The molecule has 2 aromatic heterocycles. The van der Waals surface area contributed by atoms with E-state index >= 15 is 0 Å². The van der Waals surface area contributed by atoms with Gasteiger partial charge < -0.3 is 23.5 Å². The minimum absolute atomic E-state index is 0.124. The van der Waals surface area contributed by atoms with E-state index in [9.17, 15) is 9.90 Å². The van der Waals surface area contributed by atoms with E-state index in [4.69, 9.17) is 13.9 Å². The Morgan fingerprint density at radius 3 is 2.59 bits per heavy atom. The Morgan fingerprint density at radius 2 is 1.85 bits per heavy atom. The van der Waals surface area contributed by atoms with Crippen molar-refractivity contribution >= 4 is 11.0 Å². The minimum Gasteiger partial charge on any atom is -0.502 e. The molecule has 3 aromatic rings. The Balaban J connectivity index is 1.30. The molecule has 39 heavy (non-hydrogen) atoms. The number of rotatable bonds is 14. The summed E-state index contributed by atoms with van der Waals surface area (Å²) in [5.41, 5.74) is 1.57. The molecular formula is C30H45N4O5+. The van der Waals surface area contributed by atoms with Gasteiger partial charge in [-0.15, -0.1) is 5.10 Å². The lowest BCUT2D eigenvalue weighted by atomic mass is 9.92. The van der Waals surface area contributed by atoms with Gasteiger partial charge in [-0.25, -0.2) is 9.48 Å². The van der Waals surface area contributed by atoms with Crippen LogP contribution in [0.25, 0.3) is 11.0 Å². The third kappa shape index (κ3) is 7.00. The third-order valence-corrected chi connectivity index (χ3v) is 8.35. The lowest BCUT2D eigenvalue weighted by molar-refractivity contribution is -0.923. The zero-order valence-corrected chi connectivity index (χ0v) is 24.3. The van der Waals surface area contributed by atoms with Crippen LogP contribution >= 0.6 is 0 Å². The van der Waals surface area contributed by atoms with E-state index in [1.54, 1.807) is 4.68 Å². The van der Waals surface area contributed by atoms with Gasteiger partial charge in [0.25, 0.3) is 0 Å². The Morgan fingerprint density at radius 1 is 1.10 bits per heavy atom. The number of aromatic nitrogens is 3. The van der Waals surface area contributed by atoms with Gasteiger partial charge in [-0.1, -0.05) is 11.6 Å². The molecule has 1 aliphatic rings. The molecule has 0 unspecified atom stereocenters. The number of phenols is 1. The molecule has 1 aliphatic heterocycles. The quantitative estimate of drug-likeness (QED) is 0.170. The van der Waals surface area contributed by atoms with Gasteiger partial charge in [-0.05, 0) is 83.9 Å². The SMILES string of the molecule is CC[N+](CC)(CC)CCCCCCOCc1cn(Cc2cc(=O)oc3c(O)c4c(cc23)CCC(C)(C)O4)nn1. The maximum absolute atomic E-state index is 12.3. The fourth-order valence-electron chi connectivity index (χ4n) is 5.56. The van der Waals surface area contributed by atoms with Crippen LogP contribution in [0.2, 0.25) is 0 Å². The minimum atomic E-state index is -0.532. The average molecular weight is 542 g/mol. The molecule has 9 nitrogen and oxygen atoms in total. The number of quaternary nitrogens is 1. The van der Waals surface area contributed by atoms with Gasteiger partial charge in [-0.3, -0.25) is 0 Å². The largest absolute Gasteiger partial charge is 0.502 e.